The predicted octanol–water partition coefficient (Wildman–Crippen LogP) is 22.0. The van der Waals surface area contributed by atoms with E-state index in [0.717, 1.165) is 111 Å². The molecule has 0 fully saturated rings. The minimum Gasteiger partial charge on any atom is -0.309 e. The van der Waals surface area contributed by atoms with Crippen molar-refractivity contribution in [3.8, 4) is 112 Å². The smallest absolute Gasteiger partial charge is 0.309 e. The number of halogens is 3. The molecule has 0 aliphatic rings. The van der Waals surface area contributed by atoms with E-state index < -0.39 is 11.7 Å². The van der Waals surface area contributed by atoms with Crippen molar-refractivity contribution >= 4 is 49.3 Å². The summed E-state index contributed by atoms with van der Waals surface area (Å²) in [6.07, 6.45) is 2.19. The lowest BCUT2D eigenvalue weighted by Crippen LogP contribution is -2.13. The number of fused-ring (bicyclic) bond motifs is 6. The number of rotatable bonds is 11. The fourth-order valence-electron chi connectivity index (χ4n) is 12.9. The Hall–Kier alpha value is -12.3. The first-order valence-electron chi connectivity index (χ1n) is 30.2. The molecule has 0 N–H and O–H groups in total. The van der Waals surface area contributed by atoms with Crippen molar-refractivity contribution in [2.45, 2.75) is 6.18 Å². The number of hydrogen-bond acceptors (Lipinski definition) is 4. The Morgan fingerprint density at radius 3 is 0.924 bits per heavy atom. The average molecular weight is 1190 g/mol. The summed E-state index contributed by atoms with van der Waals surface area (Å²) in [7, 11) is 0. The lowest BCUT2D eigenvalue weighted by molar-refractivity contribution is -0.137. The van der Waals surface area contributed by atoms with Gasteiger partial charge in [0.2, 0.25) is 0 Å². The number of pyridine rings is 4. The van der Waals surface area contributed by atoms with Crippen molar-refractivity contribution in [3.05, 3.63) is 321 Å². The number of alkyl halides is 3. The SMILES string of the molecule is [C-]#[N+]c1cccc(-c2cc(-n3c4cc(-c5ccnc(-c6ccccc6)c5)ccc4c4ccc(-c5ccnc(-c6ccccc6)c5)cc43)c(C(F)(F)F)cc2-n2c3cc(-c4ccnc(-c5ccccc5)c4)ccc3c3ccc(-c4ccnc(-c5ccccc5)c4)cc32)c1. The van der Waals surface area contributed by atoms with Crippen LogP contribution >= 0.6 is 0 Å². The number of nitrogens with zero attached hydrogens (tertiary/aromatic N) is 7. The van der Waals surface area contributed by atoms with Crippen LogP contribution in [0.4, 0.5) is 18.9 Å². The van der Waals surface area contributed by atoms with Crippen molar-refractivity contribution in [1.82, 2.24) is 29.1 Å². The van der Waals surface area contributed by atoms with Crippen molar-refractivity contribution < 1.29 is 13.2 Å². The highest BCUT2D eigenvalue weighted by atomic mass is 19.4. The van der Waals surface area contributed by atoms with Gasteiger partial charge in [-0.15, -0.1) is 0 Å². The van der Waals surface area contributed by atoms with Crippen molar-refractivity contribution in [2.24, 2.45) is 0 Å². The third kappa shape index (κ3) is 10.0. The van der Waals surface area contributed by atoms with Gasteiger partial charge in [0.15, 0.2) is 5.69 Å². The maximum absolute atomic E-state index is 17.3. The van der Waals surface area contributed by atoms with E-state index in [1.165, 1.54) is 6.07 Å². The van der Waals surface area contributed by atoms with Gasteiger partial charge in [-0.1, -0.05) is 188 Å². The minimum absolute atomic E-state index is 0.0872. The normalized spacial score (nSPS) is 11.6. The monoisotopic (exact) mass is 1190 g/mol. The fraction of sp³-hybridized carbons (Fsp3) is 0.0122. The summed E-state index contributed by atoms with van der Waals surface area (Å²) in [4.78, 5) is 22.8. The number of hydrogen-bond donors (Lipinski definition) is 0. The molecule has 6 aromatic heterocycles. The van der Waals surface area contributed by atoms with Gasteiger partial charge in [0, 0.05) is 74.1 Å². The predicted molar refractivity (Wildman–Crippen MR) is 366 cm³/mol. The maximum Gasteiger partial charge on any atom is 0.418 e. The summed E-state index contributed by atoms with van der Waals surface area (Å²) in [5.74, 6) is 0. The van der Waals surface area contributed by atoms with Crippen LogP contribution in [0.3, 0.4) is 0 Å². The quantitative estimate of drug-likeness (QED) is 0.121. The second-order valence-electron chi connectivity index (χ2n) is 22.8. The van der Waals surface area contributed by atoms with E-state index in [2.05, 4.69) is 41.2 Å². The third-order valence-corrected chi connectivity index (χ3v) is 17.4. The molecule has 10 aromatic carbocycles. The second-order valence-corrected chi connectivity index (χ2v) is 22.8. The summed E-state index contributed by atoms with van der Waals surface area (Å²) in [5.41, 5.74) is 16.8. The first kappa shape index (κ1) is 55.0. The first-order valence-corrected chi connectivity index (χ1v) is 30.2. The van der Waals surface area contributed by atoms with Gasteiger partial charge >= 0.3 is 6.18 Å². The van der Waals surface area contributed by atoms with E-state index in [-0.39, 0.29) is 11.4 Å². The summed E-state index contributed by atoms with van der Waals surface area (Å²) in [5, 5.41) is 3.21. The van der Waals surface area contributed by atoms with Crippen molar-refractivity contribution in [2.75, 3.05) is 0 Å². The van der Waals surface area contributed by atoms with Crippen LogP contribution in [0.2, 0.25) is 0 Å². The highest BCUT2D eigenvalue weighted by Gasteiger charge is 2.37. The maximum atomic E-state index is 17.3. The Kier molecular flexibility index (Phi) is 13.6. The molecule has 0 aliphatic heterocycles. The van der Waals surface area contributed by atoms with Crippen molar-refractivity contribution in [1.29, 1.82) is 0 Å². The molecule has 7 nitrogen and oxygen atoms in total. The molecule has 16 rings (SSSR count). The zero-order valence-electron chi connectivity index (χ0n) is 49.1. The van der Waals surface area contributed by atoms with Crippen molar-refractivity contribution in [3.63, 3.8) is 0 Å². The molecule has 0 saturated carbocycles. The van der Waals surface area contributed by atoms with E-state index in [9.17, 15) is 0 Å². The zero-order chi connectivity index (χ0) is 61.9. The average Bonchev–Trinajstić information content (AvgIpc) is 1.54. The Bertz CT molecular complexity index is 5300. The van der Waals surface area contributed by atoms with Gasteiger partial charge in [-0.25, -0.2) is 4.85 Å². The van der Waals surface area contributed by atoms with Crippen LogP contribution in [-0.2, 0) is 6.18 Å². The van der Waals surface area contributed by atoms with Crippen LogP contribution in [0, 0.1) is 6.57 Å². The van der Waals surface area contributed by atoms with Gasteiger partial charge in [0.25, 0.3) is 0 Å². The molecule has 10 heteroatoms. The lowest BCUT2D eigenvalue weighted by atomic mass is 9.97. The molecule has 0 radical (unpaired) electrons. The molecule has 92 heavy (non-hydrogen) atoms. The Labute approximate surface area is 527 Å². The standard InChI is InChI=1S/C82H50F3N7/c1-86-65-24-14-23-64(41-65)70-50-81(92-78-48-58(62-35-39-89-74(44-62)54-19-10-4-11-20-54)27-31-68(78)69-32-28-59(49-79(69)92)63-36-40-90-75(45-63)55-21-12-5-13-22-55)71(82(83,84)85)51-80(70)91-76-46-56(60-33-37-87-72(42-60)52-15-6-2-7-16-52)25-29-66(76)67-30-26-57(47-77(67)91)61-34-38-88-73(43-61)53-17-8-3-9-18-53/h2-51H. The number of aromatic nitrogens is 6. The topological polar surface area (TPSA) is 65.8 Å². The molecular formula is C82H50F3N7. The highest BCUT2D eigenvalue weighted by molar-refractivity contribution is 6.13. The van der Waals surface area contributed by atoms with Crippen LogP contribution in [0.25, 0.3) is 160 Å². The van der Waals surface area contributed by atoms with Crippen LogP contribution in [0.15, 0.2) is 304 Å². The van der Waals surface area contributed by atoms with Gasteiger partial charge in [-0.3, -0.25) is 19.9 Å². The minimum atomic E-state index is -4.92. The number of benzene rings is 10. The van der Waals surface area contributed by atoms with Crippen LogP contribution in [-0.4, -0.2) is 29.1 Å². The van der Waals surface area contributed by atoms with E-state index in [1.807, 2.05) is 217 Å². The molecule has 0 bridgehead atoms. The van der Waals surface area contributed by atoms with Crippen LogP contribution < -0.4 is 0 Å². The Balaban J connectivity index is 0.990. The Morgan fingerprint density at radius 1 is 0.283 bits per heavy atom. The molecule has 434 valence electrons. The molecule has 16 aromatic rings. The van der Waals surface area contributed by atoms with Gasteiger partial charge in [-0.2, -0.15) is 13.2 Å². The summed E-state index contributed by atoms with van der Waals surface area (Å²) in [6.45, 7) is 8.27. The van der Waals surface area contributed by atoms with E-state index in [0.29, 0.717) is 38.9 Å². The Morgan fingerprint density at radius 2 is 0.598 bits per heavy atom. The third-order valence-electron chi connectivity index (χ3n) is 17.4. The zero-order valence-corrected chi connectivity index (χ0v) is 49.1. The van der Waals surface area contributed by atoms with Gasteiger partial charge in [-0.05, 0) is 141 Å². The van der Waals surface area contributed by atoms with Crippen LogP contribution in [0.5, 0.6) is 0 Å². The molecule has 0 spiro atoms. The second kappa shape index (κ2) is 22.7. The van der Waals surface area contributed by atoms with Gasteiger partial charge < -0.3 is 9.13 Å². The molecule has 0 aliphatic carbocycles. The largest absolute Gasteiger partial charge is 0.418 e. The highest BCUT2D eigenvalue weighted by Crippen LogP contribution is 2.48. The molecule has 0 unspecified atom stereocenters. The summed E-state index contributed by atoms with van der Waals surface area (Å²) >= 11 is 0. The molecular weight excluding hydrogens is 1140 g/mol. The van der Waals surface area contributed by atoms with Gasteiger partial charge in [0.05, 0.1) is 68.4 Å². The molecule has 0 atom stereocenters. The van der Waals surface area contributed by atoms with Crippen LogP contribution in [0.1, 0.15) is 5.56 Å². The first-order chi connectivity index (χ1) is 45.2. The van der Waals surface area contributed by atoms with Gasteiger partial charge in [0.1, 0.15) is 0 Å². The lowest BCUT2D eigenvalue weighted by Gasteiger charge is -2.22. The molecule has 6 heterocycles. The summed E-state index contributed by atoms with van der Waals surface area (Å²) in [6, 6.07) is 90.3. The molecule has 0 saturated heterocycles. The van der Waals surface area contributed by atoms with E-state index in [1.54, 1.807) is 53.6 Å². The van der Waals surface area contributed by atoms with E-state index >= 15 is 13.2 Å². The van der Waals surface area contributed by atoms with E-state index in [4.69, 9.17) is 26.5 Å². The summed E-state index contributed by atoms with van der Waals surface area (Å²) < 4.78 is 55.6. The fourth-order valence-corrected chi connectivity index (χ4v) is 12.9. The molecule has 0 amide bonds.